The van der Waals surface area contributed by atoms with Crippen molar-refractivity contribution in [2.24, 2.45) is 5.92 Å². The van der Waals surface area contributed by atoms with E-state index in [2.05, 4.69) is 36.3 Å². The first-order valence-electron chi connectivity index (χ1n) is 5.58. The summed E-state index contributed by atoms with van der Waals surface area (Å²) in [6.45, 7) is 7.02. The lowest BCUT2D eigenvalue weighted by Gasteiger charge is -2.03. The first-order chi connectivity index (χ1) is 7.22. The van der Waals surface area contributed by atoms with Gasteiger partial charge in [-0.05, 0) is 24.5 Å². The van der Waals surface area contributed by atoms with E-state index in [1.165, 1.54) is 11.4 Å². The predicted octanol–water partition coefficient (Wildman–Crippen LogP) is 1.95. The van der Waals surface area contributed by atoms with Crippen LogP contribution in [0.25, 0.3) is 0 Å². The molecule has 0 unspecified atom stereocenters. The van der Waals surface area contributed by atoms with E-state index < -0.39 is 0 Å². The second kappa shape index (κ2) is 6.64. The minimum Gasteiger partial charge on any atom is -0.383 e. The van der Waals surface area contributed by atoms with Gasteiger partial charge in [0, 0.05) is 31.6 Å². The Hall–Kier alpha value is -0.800. The van der Waals surface area contributed by atoms with Crippen LogP contribution in [0, 0.1) is 5.92 Å². The molecule has 0 aliphatic rings. The number of methoxy groups -OCH3 is 1. The Balaban J connectivity index is 2.26. The molecule has 1 aromatic rings. The molecule has 0 saturated heterocycles. The normalized spacial score (nSPS) is 11.2. The summed E-state index contributed by atoms with van der Waals surface area (Å²) >= 11 is 0. The number of nitrogens with one attached hydrogen (secondary N) is 2. The molecule has 1 aromatic heterocycles. The molecule has 0 aliphatic carbocycles. The van der Waals surface area contributed by atoms with Gasteiger partial charge in [-0.3, -0.25) is 0 Å². The summed E-state index contributed by atoms with van der Waals surface area (Å²) in [5.41, 5.74) is 2.58. The Labute approximate surface area is 92.2 Å². The Bertz CT molecular complexity index is 268. The van der Waals surface area contributed by atoms with Crippen LogP contribution in [-0.4, -0.2) is 25.2 Å². The molecule has 1 heterocycles. The third kappa shape index (κ3) is 5.00. The van der Waals surface area contributed by atoms with Gasteiger partial charge in [0.25, 0.3) is 0 Å². The fraction of sp³-hybridized carbons (Fsp3) is 0.667. The number of rotatable bonds is 7. The summed E-state index contributed by atoms with van der Waals surface area (Å²) in [4.78, 5) is 3.42. The molecule has 2 N–H and O–H groups in total. The SMILES string of the molecule is COCCNCc1ccc(CC(C)C)[nH]1. The highest BCUT2D eigenvalue weighted by molar-refractivity contribution is 5.13. The zero-order valence-electron chi connectivity index (χ0n) is 9.97. The van der Waals surface area contributed by atoms with Gasteiger partial charge < -0.3 is 15.0 Å². The van der Waals surface area contributed by atoms with Gasteiger partial charge in [0.1, 0.15) is 0 Å². The largest absolute Gasteiger partial charge is 0.383 e. The Kier molecular flexibility index (Phi) is 5.43. The molecule has 0 fully saturated rings. The average molecular weight is 210 g/mol. The summed E-state index contributed by atoms with van der Waals surface area (Å²) in [6.07, 6.45) is 1.12. The molecule has 0 amide bonds. The van der Waals surface area contributed by atoms with Gasteiger partial charge in [0.2, 0.25) is 0 Å². The quantitative estimate of drug-likeness (QED) is 0.675. The monoisotopic (exact) mass is 210 g/mol. The van der Waals surface area contributed by atoms with Crippen LogP contribution in [-0.2, 0) is 17.7 Å². The van der Waals surface area contributed by atoms with Crippen LogP contribution in [0.3, 0.4) is 0 Å². The van der Waals surface area contributed by atoms with Gasteiger partial charge in [0.05, 0.1) is 6.61 Å². The van der Waals surface area contributed by atoms with Gasteiger partial charge in [-0.15, -0.1) is 0 Å². The predicted molar refractivity (Wildman–Crippen MR) is 62.9 cm³/mol. The van der Waals surface area contributed by atoms with E-state index in [1.54, 1.807) is 7.11 Å². The lowest BCUT2D eigenvalue weighted by atomic mass is 10.1. The van der Waals surface area contributed by atoms with Crippen molar-refractivity contribution >= 4 is 0 Å². The zero-order valence-corrected chi connectivity index (χ0v) is 9.97. The molecule has 15 heavy (non-hydrogen) atoms. The lowest BCUT2D eigenvalue weighted by molar-refractivity contribution is 0.199. The average Bonchev–Trinajstić information content (AvgIpc) is 2.59. The topological polar surface area (TPSA) is 37.0 Å². The van der Waals surface area contributed by atoms with Gasteiger partial charge in [-0.25, -0.2) is 0 Å². The van der Waals surface area contributed by atoms with Crippen molar-refractivity contribution in [3.05, 3.63) is 23.5 Å². The molecule has 0 saturated carbocycles. The summed E-state index contributed by atoms with van der Waals surface area (Å²) in [5.74, 6) is 0.706. The third-order valence-electron chi connectivity index (χ3n) is 2.23. The summed E-state index contributed by atoms with van der Waals surface area (Å²) in [7, 11) is 1.72. The van der Waals surface area contributed by atoms with Crippen LogP contribution >= 0.6 is 0 Å². The molecule has 3 nitrogen and oxygen atoms in total. The first-order valence-corrected chi connectivity index (χ1v) is 5.58. The zero-order chi connectivity index (χ0) is 11.1. The summed E-state index contributed by atoms with van der Waals surface area (Å²) < 4.78 is 4.96. The van der Waals surface area contributed by atoms with E-state index in [-0.39, 0.29) is 0 Å². The number of aromatic amines is 1. The van der Waals surface area contributed by atoms with Crippen LogP contribution in [0.2, 0.25) is 0 Å². The van der Waals surface area contributed by atoms with E-state index in [0.29, 0.717) is 5.92 Å². The highest BCUT2D eigenvalue weighted by Gasteiger charge is 2.00. The molecular formula is C12H22N2O. The number of H-pyrrole nitrogens is 1. The maximum atomic E-state index is 4.96. The molecule has 0 aliphatic heterocycles. The molecule has 0 bridgehead atoms. The van der Waals surface area contributed by atoms with Crippen molar-refractivity contribution < 1.29 is 4.74 Å². The molecule has 86 valence electrons. The maximum Gasteiger partial charge on any atom is 0.0587 e. The second-order valence-corrected chi connectivity index (χ2v) is 4.28. The highest BCUT2D eigenvalue weighted by Crippen LogP contribution is 2.07. The minimum atomic E-state index is 0.706. The third-order valence-corrected chi connectivity index (χ3v) is 2.23. The minimum absolute atomic E-state index is 0.706. The van der Waals surface area contributed by atoms with Crippen molar-refractivity contribution in [3.8, 4) is 0 Å². The number of hydrogen-bond donors (Lipinski definition) is 2. The smallest absolute Gasteiger partial charge is 0.0587 e. The van der Waals surface area contributed by atoms with Crippen LogP contribution < -0.4 is 5.32 Å². The van der Waals surface area contributed by atoms with Crippen LogP contribution in [0.4, 0.5) is 0 Å². The molecule has 0 spiro atoms. The maximum absolute atomic E-state index is 4.96. The van der Waals surface area contributed by atoms with E-state index in [1.807, 2.05) is 0 Å². The highest BCUT2D eigenvalue weighted by atomic mass is 16.5. The van der Waals surface area contributed by atoms with Crippen LogP contribution in [0.1, 0.15) is 25.2 Å². The Morgan fingerprint density at radius 3 is 2.73 bits per heavy atom. The standard InChI is InChI=1S/C12H22N2O/c1-10(2)8-11-4-5-12(14-11)9-13-6-7-15-3/h4-5,10,13-14H,6-9H2,1-3H3. The van der Waals surface area contributed by atoms with Crippen molar-refractivity contribution in [1.29, 1.82) is 0 Å². The summed E-state index contributed by atoms with van der Waals surface area (Å²) in [5, 5.41) is 3.31. The number of hydrogen-bond acceptors (Lipinski definition) is 2. The number of aromatic nitrogens is 1. The molecule has 0 atom stereocenters. The van der Waals surface area contributed by atoms with E-state index in [0.717, 1.165) is 26.1 Å². The van der Waals surface area contributed by atoms with Crippen molar-refractivity contribution in [2.75, 3.05) is 20.3 Å². The van der Waals surface area contributed by atoms with Crippen LogP contribution in [0.5, 0.6) is 0 Å². The Morgan fingerprint density at radius 2 is 2.07 bits per heavy atom. The van der Waals surface area contributed by atoms with Crippen molar-refractivity contribution in [1.82, 2.24) is 10.3 Å². The number of ether oxygens (including phenoxy) is 1. The molecule has 0 aromatic carbocycles. The van der Waals surface area contributed by atoms with Gasteiger partial charge >= 0.3 is 0 Å². The molecular weight excluding hydrogens is 188 g/mol. The summed E-state index contributed by atoms with van der Waals surface area (Å²) in [6, 6.07) is 4.32. The fourth-order valence-corrected chi connectivity index (χ4v) is 1.55. The van der Waals surface area contributed by atoms with Crippen molar-refractivity contribution in [2.45, 2.75) is 26.8 Å². The lowest BCUT2D eigenvalue weighted by Crippen LogP contribution is -2.18. The van der Waals surface area contributed by atoms with E-state index in [9.17, 15) is 0 Å². The second-order valence-electron chi connectivity index (χ2n) is 4.28. The fourth-order valence-electron chi connectivity index (χ4n) is 1.55. The van der Waals surface area contributed by atoms with Crippen LogP contribution in [0.15, 0.2) is 12.1 Å². The van der Waals surface area contributed by atoms with Gasteiger partial charge in [-0.2, -0.15) is 0 Å². The Morgan fingerprint density at radius 1 is 1.33 bits per heavy atom. The molecule has 3 heteroatoms. The van der Waals surface area contributed by atoms with Crippen molar-refractivity contribution in [3.63, 3.8) is 0 Å². The van der Waals surface area contributed by atoms with E-state index >= 15 is 0 Å². The van der Waals surface area contributed by atoms with Gasteiger partial charge in [0.15, 0.2) is 0 Å². The first kappa shape index (κ1) is 12.3. The van der Waals surface area contributed by atoms with Gasteiger partial charge in [-0.1, -0.05) is 13.8 Å². The van der Waals surface area contributed by atoms with E-state index in [4.69, 9.17) is 4.74 Å². The molecule has 0 radical (unpaired) electrons. The molecule has 1 rings (SSSR count).